The van der Waals surface area contributed by atoms with E-state index in [2.05, 4.69) is 0 Å². The van der Waals surface area contributed by atoms with Gasteiger partial charge in [-0.2, -0.15) is 0 Å². The van der Waals surface area contributed by atoms with E-state index in [0.717, 1.165) is 22.1 Å². The number of ether oxygens (including phenoxy) is 1. The maximum absolute atomic E-state index is 12.6. The quantitative estimate of drug-likeness (QED) is 0.595. The Kier molecular flexibility index (Phi) is 5.32. The molecule has 1 saturated heterocycles. The molecule has 0 unspecified atom stereocenters. The van der Waals surface area contributed by atoms with Gasteiger partial charge in [0.05, 0.1) is 18.6 Å². The van der Waals surface area contributed by atoms with E-state index in [9.17, 15) is 13.2 Å². The Morgan fingerprint density at radius 3 is 2.66 bits per heavy atom. The minimum absolute atomic E-state index is 0.0376. The van der Waals surface area contributed by atoms with E-state index in [1.165, 1.54) is 6.26 Å². The smallest absolute Gasteiger partial charge is 0.222 e. The van der Waals surface area contributed by atoms with Gasteiger partial charge in [0, 0.05) is 25.1 Å². The van der Waals surface area contributed by atoms with Crippen LogP contribution in [0.4, 0.5) is 0 Å². The first-order chi connectivity index (χ1) is 14.0. The van der Waals surface area contributed by atoms with E-state index >= 15 is 0 Å². The van der Waals surface area contributed by atoms with Crippen molar-refractivity contribution >= 4 is 26.5 Å². The lowest BCUT2D eigenvalue weighted by Gasteiger charge is -2.38. The number of carbonyl (C=O) groups is 1. The number of nitrogens with zero attached hydrogens (tertiary/aromatic N) is 1. The number of benzene rings is 2. The predicted molar refractivity (Wildman–Crippen MR) is 111 cm³/mol. The number of hydrogen-bond donors (Lipinski definition) is 0. The second-order valence-corrected chi connectivity index (χ2v) is 9.56. The van der Waals surface area contributed by atoms with Crippen molar-refractivity contribution in [3.8, 4) is 5.75 Å². The maximum Gasteiger partial charge on any atom is 0.222 e. The standard InChI is InChI=1S/C22H23NO5S/c1-27-21-10-8-16-5-2-3-7-19(16)20(21)9-11-22(24)23-13-18(14-23)29(25,26)15-17-6-4-12-28-17/h2-8,10,12,18H,9,11,13-15H2,1H3. The van der Waals surface area contributed by atoms with Crippen LogP contribution in [0.15, 0.2) is 59.2 Å². The first-order valence-corrected chi connectivity index (χ1v) is 11.3. The van der Waals surface area contributed by atoms with Crippen LogP contribution in [0.3, 0.4) is 0 Å². The van der Waals surface area contributed by atoms with Crippen LogP contribution in [0.5, 0.6) is 5.75 Å². The summed E-state index contributed by atoms with van der Waals surface area (Å²) in [6.07, 6.45) is 2.32. The largest absolute Gasteiger partial charge is 0.496 e. The first-order valence-electron chi connectivity index (χ1n) is 9.54. The van der Waals surface area contributed by atoms with Gasteiger partial charge in [0.1, 0.15) is 17.3 Å². The second-order valence-electron chi connectivity index (χ2n) is 7.27. The summed E-state index contributed by atoms with van der Waals surface area (Å²) in [7, 11) is -1.70. The number of carbonyl (C=O) groups excluding carboxylic acids is 1. The zero-order valence-corrected chi connectivity index (χ0v) is 17.0. The Labute approximate surface area is 170 Å². The van der Waals surface area contributed by atoms with E-state index in [1.54, 1.807) is 24.1 Å². The normalized spacial score (nSPS) is 14.7. The van der Waals surface area contributed by atoms with Gasteiger partial charge in [-0.25, -0.2) is 8.42 Å². The fourth-order valence-corrected chi connectivity index (χ4v) is 5.35. The molecule has 6 nitrogen and oxygen atoms in total. The Balaban J connectivity index is 1.38. The Bertz CT molecular complexity index is 1120. The third kappa shape index (κ3) is 4.00. The molecule has 152 valence electrons. The molecule has 2 aromatic carbocycles. The van der Waals surface area contributed by atoms with E-state index in [-0.39, 0.29) is 24.7 Å². The average molecular weight is 413 g/mol. The highest BCUT2D eigenvalue weighted by molar-refractivity contribution is 7.91. The molecular weight excluding hydrogens is 390 g/mol. The van der Waals surface area contributed by atoms with Gasteiger partial charge < -0.3 is 14.1 Å². The summed E-state index contributed by atoms with van der Waals surface area (Å²) in [6, 6.07) is 15.2. The predicted octanol–water partition coefficient (Wildman–Crippen LogP) is 3.20. The average Bonchev–Trinajstić information content (AvgIpc) is 3.16. The number of sulfone groups is 1. The maximum atomic E-state index is 12.6. The molecule has 7 heteroatoms. The molecule has 0 aliphatic carbocycles. The minimum atomic E-state index is -3.33. The molecule has 0 atom stereocenters. The SMILES string of the molecule is COc1ccc2ccccc2c1CCC(=O)N1CC(S(=O)(=O)Cc2ccco2)C1. The van der Waals surface area contributed by atoms with Crippen molar-refractivity contribution in [1.29, 1.82) is 0 Å². The van der Waals surface area contributed by atoms with Crippen LogP contribution in [0, 0.1) is 0 Å². The summed E-state index contributed by atoms with van der Waals surface area (Å²) in [5.74, 6) is 1.03. The third-order valence-corrected chi connectivity index (χ3v) is 7.44. The molecule has 1 aliphatic rings. The molecule has 1 fully saturated rings. The van der Waals surface area contributed by atoms with Crippen molar-refractivity contribution in [3.05, 3.63) is 66.1 Å². The minimum Gasteiger partial charge on any atom is -0.496 e. The van der Waals surface area contributed by atoms with Crippen LogP contribution >= 0.6 is 0 Å². The van der Waals surface area contributed by atoms with Gasteiger partial charge in [0.2, 0.25) is 5.91 Å². The molecule has 0 N–H and O–H groups in total. The number of likely N-dealkylation sites (tertiary alicyclic amines) is 1. The number of hydrogen-bond acceptors (Lipinski definition) is 5. The summed E-state index contributed by atoms with van der Waals surface area (Å²) < 4.78 is 35.5. The van der Waals surface area contributed by atoms with Gasteiger partial charge >= 0.3 is 0 Å². The highest BCUT2D eigenvalue weighted by Gasteiger charge is 2.39. The lowest BCUT2D eigenvalue weighted by atomic mass is 9.99. The van der Waals surface area contributed by atoms with Crippen LogP contribution in [-0.2, 0) is 26.8 Å². The molecule has 1 aromatic heterocycles. The molecule has 4 rings (SSSR count). The van der Waals surface area contributed by atoms with Crippen LogP contribution in [0.1, 0.15) is 17.7 Å². The van der Waals surface area contributed by atoms with Gasteiger partial charge in [-0.15, -0.1) is 0 Å². The monoisotopic (exact) mass is 413 g/mol. The summed E-state index contributed by atoms with van der Waals surface area (Å²) in [5.41, 5.74) is 1.00. The van der Waals surface area contributed by atoms with Crippen molar-refractivity contribution < 1.29 is 22.4 Å². The van der Waals surface area contributed by atoms with E-state index in [0.29, 0.717) is 18.6 Å². The molecule has 1 aliphatic heterocycles. The van der Waals surface area contributed by atoms with Crippen LogP contribution in [-0.4, -0.2) is 44.7 Å². The van der Waals surface area contributed by atoms with E-state index in [1.807, 2.05) is 36.4 Å². The Morgan fingerprint density at radius 1 is 1.14 bits per heavy atom. The van der Waals surface area contributed by atoms with E-state index < -0.39 is 15.1 Å². The molecule has 0 spiro atoms. The Hall–Kier alpha value is -2.80. The zero-order valence-electron chi connectivity index (χ0n) is 16.2. The first kappa shape index (κ1) is 19.5. The fourth-order valence-electron chi connectivity index (χ4n) is 3.73. The number of aryl methyl sites for hydroxylation is 1. The van der Waals surface area contributed by atoms with Gasteiger partial charge in [0.15, 0.2) is 9.84 Å². The fraction of sp³-hybridized carbons (Fsp3) is 0.318. The van der Waals surface area contributed by atoms with E-state index in [4.69, 9.17) is 9.15 Å². The summed E-state index contributed by atoms with van der Waals surface area (Å²) in [6.45, 7) is 0.489. The van der Waals surface area contributed by atoms with Gasteiger partial charge in [0.25, 0.3) is 0 Å². The number of furan rings is 1. The Morgan fingerprint density at radius 2 is 1.93 bits per heavy atom. The van der Waals surface area contributed by atoms with Crippen molar-refractivity contribution in [2.45, 2.75) is 23.8 Å². The second kappa shape index (κ2) is 7.91. The molecular formula is C22H23NO5S. The molecule has 1 amide bonds. The van der Waals surface area contributed by atoms with Crippen LogP contribution in [0.25, 0.3) is 10.8 Å². The summed E-state index contributed by atoms with van der Waals surface area (Å²) in [4.78, 5) is 14.2. The van der Waals surface area contributed by atoms with Crippen LogP contribution < -0.4 is 4.74 Å². The lowest BCUT2D eigenvalue weighted by Crippen LogP contribution is -2.57. The zero-order chi connectivity index (χ0) is 20.4. The van der Waals surface area contributed by atoms with Gasteiger partial charge in [-0.3, -0.25) is 4.79 Å². The van der Waals surface area contributed by atoms with Gasteiger partial charge in [-0.1, -0.05) is 30.3 Å². The number of amides is 1. The summed E-state index contributed by atoms with van der Waals surface area (Å²) in [5, 5.41) is 1.65. The van der Waals surface area contributed by atoms with Crippen molar-refractivity contribution in [2.75, 3.05) is 20.2 Å². The molecule has 2 heterocycles. The molecule has 3 aromatic rings. The highest BCUT2D eigenvalue weighted by atomic mass is 32.2. The lowest BCUT2D eigenvalue weighted by molar-refractivity contribution is -0.134. The number of fused-ring (bicyclic) bond motifs is 1. The summed E-state index contributed by atoms with van der Waals surface area (Å²) >= 11 is 0. The third-order valence-electron chi connectivity index (χ3n) is 5.44. The van der Waals surface area contributed by atoms with Crippen molar-refractivity contribution in [1.82, 2.24) is 4.90 Å². The molecule has 0 bridgehead atoms. The molecule has 29 heavy (non-hydrogen) atoms. The number of methoxy groups -OCH3 is 1. The van der Waals surface area contributed by atoms with Crippen LogP contribution in [0.2, 0.25) is 0 Å². The molecule has 0 radical (unpaired) electrons. The van der Waals surface area contributed by atoms with Gasteiger partial charge in [-0.05, 0) is 35.4 Å². The molecule has 0 saturated carbocycles. The van der Waals surface area contributed by atoms with Crippen molar-refractivity contribution in [3.63, 3.8) is 0 Å². The van der Waals surface area contributed by atoms with Crippen molar-refractivity contribution in [2.24, 2.45) is 0 Å². The topological polar surface area (TPSA) is 76.8 Å². The highest BCUT2D eigenvalue weighted by Crippen LogP contribution is 2.30. The number of rotatable bonds is 7.